The van der Waals surface area contributed by atoms with Gasteiger partial charge in [-0.3, -0.25) is 14.5 Å². The average Bonchev–Trinajstić information content (AvgIpc) is 2.94. The minimum Gasteiger partial charge on any atom is -0.465 e. The Bertz CT molecular complexity index is 769. The highest BCUT2D eigenvalue weighted by Gasteiger charge is 2.50. The molecule has 150 valence electrons. The van der Waals surface area contributed by atoms with E-state index in [1.807, 2.05) is 0 Å². The van der Waals surface area contributed by atoms with Crippen LogP contribution in [0.2, 0.25) is 0 Å². The van der Waals surface area contributed by atoms with Gasteiger partial charge in [-0.25, -0.2) is 9.59 Å². The minimum absolute atomic E-state index is 0.0511. The fraction of sp³-hybridized carbons (Fsp3) is 0.500. The van der Waals surface area contributed by atoms with Crippen molar-refractivity contribution in [1.82, 2.24) is 15.5 Å². The molecule has 1 aliphatic carbocycles. The first-order valence-corrected chi connectivity index (χ1v) is 9.53. The summed E-state index contributed by atoms with van der Waals surface area (Å²) in [6.45, 7) is 0.365. The van der Waals surface area contributed by atoms with Crippen LogP contribution in [-0.4, -0.2) is 47.9 Å². The van der Waals surface area contributed by atoms with Crippen LogP contribution in [0.3, 0.4) is 0 Å². The van der Waals surface area contributed by atoms with Crippen LogP contribution in [0, 0.1) is 0 Å². The fourth-order valence-electron chi connectivity index (χ4n) is 3.75. The average molecular weight is 387 g/mol. The third kappa shape index (κ3) is 4.16. The number of methoxy groups -OCH3 is 1. The van der Waals surface area contributed by atoms with Crippen molar-refractivity contribution in [3.05, 3.63) is 35.4 Å². The molecule has 0 bridgehead atoms. The van der Waals surface area contributed by atoms with E-state index in [4.69, 9.17) is 0 Å². The zero-order valence-electron chi connectivity index (χ0n) is 16.0. The van der Waals surface area contributed by atoms with Crippen molar-refractivity contribution in [1.29, 1.82) is 0 Å². The molecule has 0 radical (unpaired) electrons. The highest BCUT2D eigenvalue weighted by molar-refractivity contribution is 6.07. The molecule has 1 spiro atoms. The lowest BCUT2D eigenvalue weighted by Crippen LogP contribution is -2.48. The SMILES string of the molecule is COC(=O)c1ccc(CNC(=O)CCN2C(=O)NC3(CCCCC3)C2=O)cc1. The molecule has 2 fully saturated rings. The minimum atomic E-state index is -0.757. The largest absolute Gasteiger partial charge is 0.465 e. The topological polar surface area (TPSA) is 105 Å². The Hall–Kier alpha value is -2.90. The first kappa shape index (κ1) is 19.9. The van der Waals surface area contributed by atoms with Crippen molar-refractivity contribution < 1.29 is 23.9 Å². The van der Waals surface area contributed by atoms with Gasteiger partial charge in [0.1, 0.15) is 5.54 Å². The first-order valence-electron chi connectivity index (χ1n) is 9.53. The van der Waals surface area contributed by atoms with Gasteiger partial charge in [0, 0.05) is 19.5 Å². The molecule has 0 atom stereocenters. The smallest absolute Gasteiger partial charge is 0.337 e. The number of amides is 4. The number of hydrogen-bond acceptors (Lipinski definition) is 5. The van der Waals surface area contributed by atoms with Gasteiger partial charge >= 0.3 is 12.0 Å². The number of esters is 1. The van der Waals surface area contributed by atoms with Gasteiger partial charge in [-0.1, -0.05) is 31.4 Å². The normalized spacial score (nSPS) is 18.1. The number of imide groups is 1. The lowest BCUT2D eigenvalue weighted by Gasteiger charge is -2.30. The van der Waals surface area contributed by atoms with Crippen molar-refractivity contribution in [3.63, 3.8) is 0 Å². The molecule has 1 aromatic carbocycles. The van der Waals surface area contributed by atoms with Crippen LogP contribution in [0.1, 0.15) is 54.4 Å². The van der Waals surface area contributed by atoms with E-state index in [2.05, 4.69) is 15.4 Å². The van der Waals surface area contributed by atoms with E-state index in [-0.39, 0.29) is 24.8 Å². The molecule has 28 heavy (non-hydrogen) atoms. The standard InChI is InChI=1S/C20H25N3O5/c1-28-17(25)15-7-5-14(6-8-15)13-21-16(24)9-12-23-18(26)20(22-19(23)27)10-3-2-4-11-20/h5-8H,2-4,9-13H2,1H3,(H,21,24)(H,22,27). The number of nitrogens with zero attached hydrogens (tertiary/aromatic N) is 1. The summed E-state index contributed by atoms with van der Waals surface area (Å²) in [5.41, 5.74) is 0.512. The molecule has 8 heteroatoms. The van der Waals surface area contributed by atoms with Crippen molar-refractivity contribution in [3.8, 4) is 0 Å². The highest BCUT2D eigenvalue weighted by Crippen LogP contribution is 2.33. The summed E-state index contributed by atoms with van der Waals surface area (Å²) < 4.78 is 4.64. The molecular weight excluding hydrogens is 362 g/mol. The number of benzene rings is 1. The Labute approximate surface area is 163 Å². The van der Waals surface area contributed by atoms with E-state index in [0.29, 0.717) is 24.9 Å². The third-order valence-corrected chi connectivity index (χ3v) is 5.38. The zero-order chi connectivity index (χ0) is 20.1. The molecule has 1 aliphatic heterocycles. The Balaban J connectivity index is 1.47. The number of ether oxygens (including phenoxy) is 1. The van der Waals surface area contributed by atoms with Gasteiger partial charge in [0.05, 0.1) is 12.7 Å². The number of nitrogens with one attached hydrogen (secondary N) is 2. The van der Waals surface area contributed by atoms with Crippen molar-refractivity contribution >= 4 is 23.8 Å². The van der Waals surface area contributed by atoms with Crippen molar-refractivity contribution in [2.45, 2.75) is 50.6 Å². The Morgan fingerprint density at radius 2 is 1.82 bits per heavy atom. The summed E-state index contributed by atoms with van der Waals surface area (Å²) in [6, 6.07) is 6.32. The monoisotopic (exact) mass is 387 g/mol. The van der Waals surface area contributed by atoms with Crippen molar-refractivity contribution in [2.75, 3.05) is 13.7 Å². The quantitative estimate of drug-likeness (QED) is 0.571. The van der Waals surface area contributed by atoms with Crippen LogP contribution in [0.15, 0.2) is 24.3 Å². The Kier molecular flexibility index (Phi) is 5.96. The summed E-state index contributed by atoms with van der Waals surface area (Å²) >= 11 is 0. The maximum absolute atomic E-state index is 12.7. The summed E-state index contributed by atoms with van der Waals surface area (Å²) in [5, 5.41) is 5.60. The number of rotatable bonds is 6. The van der Waals surface area contributed by atoms with E-state index in [1.54, 1.807) is 24.3 Å². The molecule has 1 saturated heterocycles. The van der Waals surface area contributed by atoms with E-state index >= 15 is 0 Å². The summed E-state index contributed by atoms with van der Waals surface area (Å²) in [5.74, 6) is -0.870. The summed E-state index contributed by atoms with van der Waals surface area (Å²) in [4.78, 5) is 49.5. The van der Waals surface area contributed by atoms with Gasteiger partial charge in [0.2, 0.25) is 5.91 Å². The van der Waals surface area contributed by atoms with E-state index < -0.39 is 17.5 Å². The second-order valence-electron chi connectivity index (χ2n) is 7.24. The second-order valence-corrected chi connectivity index (χ2v) is 7.24. The van der Waals surface area contributed by atoms with Gasteiger partial charge in [-0.15, -0.1) is 0 Å². The molecule has 4 amide bonds. The van der Waals surface area contributed by atoms with E-state index in [1.165, 1.54) is 7.11 Å². The molecule has 3 rings (SSSR count). The Morgan fingerprint density at radius 1 is 1.14 bits per heavy atom. The third-order valence-electron chi connectivity index (χ3n) is 5.38. The maximum Gasteiger partial charge on any atom is 0.337 e. The molecule has 2 N–H and O–H groups in total. The lowest BCUT2D eigenvalue weighted by molar-refractivity contribution is -0.132. The van der Waals surface area contributed by atoms with Gasteiger partial charge in [0.25, 0.3) is 5.91 Å². The van der Waals surface area contributed by atoms with Gasteiger partial charge in [-0.2, -0.15) is 0 Å². The molecule has 8 nitrogen and oxygen atoms in total. The molecule has 1 heterocycles. The summed E-state index contributed by atoms with van der Waals surface area (Å²) in [6.07, 6.45) is 4.32. The van der Waals surface area contributed by atoms with Gasteiger partial charge in [0.15, 0.2) is 0 Å². The Morgan fingerprint density at radius 3 is 2.46 bits per heavy atom. The highest BCUT2D eigenvalue weighted by atomic mass is 16.5. The van der Waals surface area contributed by atoms with E-state index in [9.17, 15) is 19.2 Å². The summed E-state index contributed by atoms with van der Waals surface area (Å²) in [7, 11) is 1.32. The lowest BCUT2D eigenvalue weighted by atomic mass is 9.82. The molecule has 0 unspecified atom stereocenters. The molecular formula is C20H25N3O5. The van der Waals surface area contributed by atoms with Crippen LogP contribution >= 0.6 is 0 Å². The molecule has 2 aliphatic rings. The first-order chi connectivity index (χ1) is 13.4. The molecule has 1 aromatic rings. The van der Waals surface area contributed by atoms with Gasteiger partial charge < -0.3 is 15.4 Å². The number of carbonyl (C=O) groups is 4. The van der Waals surface area contributed by atoms with Crippen LogP contribution in [-0.2, 0) is 20.9 Å². The van der Waals surface area contributed by atoms with Crippen LogP contribution in [0.25, 0.3) is 0 Å². The predicted molar refractivity (Wildman–Crippen MR) is 100 cm³/mol. The number of hydrogen-bond donors (Lipinski definition) is 2. The van der Waals surface area contributed by atoms with E-state index in [0.717, 1.165) is 29.7 Å². The molecule has 0 aromatic heterocycles. The van der Waals surface area contributed by atoms with Gasteiger partial charge in [-0.05, 0) is 30.5 Å². The van der Waals surface area contributed by atoms with Crippen LogP contribution < -0.4 is 10.6 Å². The van der Waals surface area contributed by atoms with Crippen LogP contribution in [0.4, 0.5) is 4.79 Å². The second kappa shape index (κ2) is 8.41. The van der Waals surface area contributed by atoms with Crippen molar-refractivity contribution in [2.24, 2.45) is 0 Å². The zero-order valence-corrected chi connectivity index (χ0v) is 16.0. The predicted octanol–water partition coefficient (Wildman–Crippen LogP) is 1.73. The molecule has 1 saturated carbocycles. The van der Waals surface area contributed by atoms with Crippen LogP contribution in [0.5, 0.6) is 0 Å². The maximum atomic E-state index is 12.7. The number of urea groups is 1. The number of carbonyl (C=O) groups excluding carboxylic acids is 4. The fourth-order valence-corrected chi connectivity index (χ4v) is 3.75.